The van der Waals surface area contributed by atoms with E-state index in [-0.39, 0.29) is 5.54 Å². The summed E-state index contributed by atoms with van der Waals surface area (Å²) in [6.45, 7) is 9.38. The van der Waals surface area contributed by atoms with Gasteiger partial charge in [-0.3, -0.25) is 5.32 Å². The van der Waals surface area contributed by atoms with Crippen LogP contribution in [-0.4, -0.2) is 23.1 Å². The highest BCUT2D eigenvalue weighted by atomic mass is 32.2. The molecule has 0 rings (SSSR count). The molecule has 0 fully saturated rings. The Morgan fingerprint density at radius 2 is 2.13 bits per heavy atom. The van der Waals surface area contributed by atoms with Gasteiger partial charge in [-0.05, 0) is 38.5 Å². The summed E-state index contributed by atoms with van der Waals surface area (Å²) < 4.78 is 0. The Labute approximate surface area is 98.8 Å². The monoisotopic (exact) mass is 228 g/mol. The molecule has 0 radical (unpaired) electrons. The highest BCUT2D eigenvalue weighted by Crippen LogP contribution is 2.18. The van der Waals surface area contributed by atoms with Crippen molar-refractivity contribution in [3.05, 3.63) is 0 Å². The van der Waals surface area contributed by atoms with Crippen molar-refractivity contribution in [3.63, 3.8) is 0 Å². The fourth-order valence-corrected chi connectivity index (χ4v) is 2.35. The minimum atomic E-state index is -0.329. The fraction of sp³-hybridized carbons (Fsp3) is 0.917. The standard InChI is InChI=1S/C12H24N2S/c1-5-11(3)15-9-7-8-12(4,10-13)14-6-2/h11,14H,5-9H2,1-4H3. The minimum Gasteiger partial charge on any atom is -0.300 e. The van der Waals surface area contributed by atoms with E-state index in [0.717, 1.165) is 30.4 Å². The highest BCUT2D eigenvalue weighted by molar-refractivity contribution is 7.99. The second-order valence-corrected chi connectivity index (χ2v) is 5.71. The van der Waals surface area contributed by atoms with Gasteiger partial charge in [-0.1, -0.05) is 20.8 Å². The summed E-state index contributed by atoms with van der Waals surface area (Å²) in [6, 6.07) is 2.36. The Balaban J connectivity index is 3.69. The average Bonchev–Trinajstić information content (AvgIpc) is 2.24. The van der Waals surface area contributed by atoms with Crippen LogP contribution < -0.4 is 5.32 Å². The molecular weight excluding hydrogens is 204 g/mol. The van der Waals surface area contributed by atoms with Crippen LogP contribution in [0.25, 0.3) is 0 Å². The van der Waals surface area contributed by atoms with E-state index in [1.807, 2.05) is 25.6 Å². The maximum Gasteiger partial charge on any atom is 0.103 e. The summed E-state index contributed by atoms with van der Waals surface area (Å²) in [6.07, 6.45) is 3.29. The van der Waals surface area contributed by atoms with E-state index in [0.29, 0.717) is 0 Å². The zero-order valence-electron chi connectivity index (χ0n) is 10.5. The van der Waals surface area contributed by atoms with Gasteiger partial charge in [0, 0.05) is 5.25 Å². The van der Waals surface area contributed by atoms with E-state index in [4.69, 9.17) is 5.26 Å². The highest BCUT2D eigenvalue weighted by Gasteiger charge is 2.21. The van der Waals surface area contributed by atoms with Gasteiger partial charge in [0.25, 0.3) is 0 Å². The lowest BCUT2D eigenvalue weighted by molar-refractivity contribution is 0.426. The third kappa shape index (κ3) is 6.81. The van der Waals surface area contributed by atoms with Crippen molar-refractivity contribution in [3.8, 4) is 6.07 Å². The average molecular weight is 228 g/mol. The van der Waals surface area contributed by atoms with Crippen molar-refractivity contribution in [2.24, 2.45) is 0 Å². The summed E-state index contributed by atoms with van der Waals surface area (Å²) in [4.78, 5) is 0. The largest absolute Gasteiger partial charge is 0.300 e. The number of hydrogen-bond donors (Lipinski definition) is 1. The van der Waals surface area contributed by atoms with Gasteiger partial charge in [-0.25, -0.2) is 0 Å². The van der Waals surface area contributed by atoms with Gasteiger partial charge < -0.3 is 0 Å². The number of thioether (sulfide) groups is 1. The molecule has 0 spiro atoms. The second kappa shape index (κ2) is 8.01. The number of nitriles is 1. The second-order valence-electron chi connectivity index (χ2n) is 4.17. The summed E-state index contributed by atoms with van der Waals surface area (Å²) >= 11 is 2.01. The molecule has 0 aliphatic carbocycles. The zero-order valence-corrected chi connectivity index (χ0v) is 11.3. The van der Waals surface area contributed by atoms with Crippen molar-refractivity contribution in [2.75, 3.05) is 12.3 Å². The topological polar surface area (TPSA) is 35.8 Å². The van der Waals surface area contributed by atoms with Gasteiger partial charge >= 0.3 is 0 Å². The molecule has 2 nitrogen and oxygen atoms in total. The van der Waals surface area contributed by atoms with Crippen LogP contribution in [0.5, 0.6) is 0 Å². The molecule has 15 heavy (non-hydrogen) atoms. The van der Waals surface area contributed by atoms with Crippen molar-refractivity contribution < 1.29 is 0 Å². The molecule has 0 aromatic rings. The Morgan fingerprint density at radius 1 is 1.47 bits per heavy atom. The molecule has 0 heterocycles. The number of hydrogen-bond acceptors (Lipinski definition) is 3. The third-order valence-electron chi connectivity index (χ3n) is 2.61. The van der Waals surface area contributed by atoms with E-state index >= 15 is 0 Å². The van der Waals surface area contributed by atoms with Crippen LogP contribution in [0, 0.1) is 11.3 Å². The summed E-state index contributed by atoms with van der Waals surface area (Å²) in [7, 11) is 0. The van der Waals surface area contributed by atoms with E-state index < -0.39 is 0 Å². The zero-order chi connectivity index (χ0) is 11.7. The maximum absolute atomic E-state index is 9.05. The smallest absolute Gasteiger partial charge is 0.103 e. The van der Waals surface area contributed by atoms with E-state index in [9.17, 15) is 0 Å². The normalized spacial score (nSPS) is 16.7. The van der Waals surface area contributed by atoms with Crippen LogP contribution in [0.3, 0.4) is 0 Å². The molecule has 88 valence electrons. The first kappa shape index (κ1) is 14.8. The van der Waals surface area contributed by atoms with Crippen molar-refractivity contribution in [1.82, 2.24) is 5.32 Å². The third-order valence-corrected chi connectivity index (χ3v) is 4.04. The van der Waals surface area contributed by atoms with Crippen LogP contribution in [-0.2, 0) is 0 Å². The molecule has 1 N–H and O–H groups in total. The van der Waals surface area contributed by atoms with Crippen molar-refractivity contribution in [2.45, 2.75) is 57.7 Å². The summed E-state index contributed by atoms with van der Waals surface area (Å²) in [5, 5.41) is 13.0. The van der Waals surface area contributed by atoms with Crippen LogP contribution in [0.2, 0.25) is 0 Å². The van der Waals surface area contributed by atoms with Gasteiger partial charge in [0.2, 0.25) is 0 Å². The first-order chi connectivity index (χ1) is 7.08. The van der Waals surface area contributed by atoms with E-state index in [1.165, 1.54) is 6.42 Å². The predicted molar refractivity (Wildman–Crippen MR) is 69.1 cm³/mol. The van der Waals surface area contributed by atoms with E-state index in [1.54, 1.807) is 0 Å². The van der Waals surface area contributed by atoms with Crippen molar-refractivity contribution in [1.29, 1.82) is 5.26 Å². The Morgan fingerprint density at radius 3 is 2.60 bits per heavy atom. The SMILES string of the molecule is CCNC(C)(C#N)CCCSC(C)CC. The lowest BCUT2D eigenvalue weighted by Gasteiger charge is -2.22. The molecular formula is C12H24N2S. The summed E-state index contributed by atoms with van der Waals surface area (Å²) in [5.41, 5.74) is -0.329. The fourth-order valence-electron chi connectivity index (χ4n) is 1.40. The van der Waals surface area contributed by atoms with Crippen LogP contribution >= 0.6 is 11.8 Å². The molecule has 3 heteroatoms. The molecule has 0 aromatic carbocycles. The molecule has 0 saturated carbocycles. The van der Waals surface area contributed by atoms with Crippen molar-refractivity contribution >= 4 is 11.8 Å². The van der Waals surface area contributed by atoms with Gasteiger partial charge in [0.1, 0.15) is 5.54 Å². The molecule has 2 unspecified atom stereocenters. The van der Waals surface area contributed by atoms with E-state index in [2.05, 4.69) is 25.2 Å². The van der Waals surface area contributed by atoms with Gasteiger partial charge in [0.05, 0.1) is 6.07 Å². The number of nitrogens with zero attached hydrogens (tertiary/aromatic N) is 1. The maximum atomic E-state index is 9.05. The Hall–Kier alpha value is -0.200. The summed E-state index contributed by atoms with van der Waals surface area (Å²) in [5.74, 6) is 1.16. The molecule has 0 aromatic heterocycles. The van der Waals surface area contributed by atoms with Gasteiger partial charge in [-0.2, -0.15) is 17.0 Å². The molecule has 2 atom stereocenters. The lowest BCUT2D eigenvalue weighted by atomic mass is 9.98. The number of nitrogens with one attached hydrogen (secondary N) is 1. The molecule has 0 aliphatic heterocycles. The van der Waals surface area contributed by atoms with Gasteiger partial charge in [0.15, 0.2) is 0 Å². The van der Waals surface area contributed by atoms with Crippen LogP contribution in [0.15, 0.2) is 0 Å². The minimum absolute atomic E-state index is 0.329. The quantitative estimate of drug-likeness (QED) is 0.648. The molecule has 0 aliphatic rings. The van der Waals surface area contributed by atoms with Crippen LogP contribution in [0.1, 0.15) is 47.0 Å². The van der Waals surface area contributed by atoms with Crippen LogP contribution in [0.4, 0.5) is 0 Å². The first-order valence-electron chi connectivity index (χ1n) is 5.85. The lowest BCUT2D eigenvalue weighted by Crippen LogP contribution is -2.40. The Bertz CT molecular complexity index is 200. The first-order valence-corrected chi connectivity index (χ1v) is 6.90. The molecule has 0 saturated heterocycles. The van der Waals surface area contributed by atoms with Gasteiger partial charge in [-0.15, -0.1) is 0 Å². The molecule has 0 amide bonds. The predicted octanol–water partition coefficient (Wildman–Crippen LogP) is 3.19. The molecule has 0 bridgehead atoms. The number of rotatable bonds is 8. The Kier molecular flexibility index (Phi) is 7.90.